The third-order valence-corrected chi connectivity index (χ3v) is 8.71. The average molecular weight is 1090 g/mol. The Labute approximate surface area is 382 Å². The van der Waals surface area contributed by atoms with Gasteiger partial charge >= 0.3 is 66.1 Å². The number of ketones is 1. The van der Waals surface area contributed by atoms with Gasteiger partial charge in [0.05, 0.1) is 0 Å². The first-order valence-electron chi connectivity index (χ1n) is 17.4. The van der Waals surface area contributed by atoms with Gasteiger partial charge in [-0.3, -0.25) is 4.79 Å². The number of allylic oxidation sites excluding steroid dienone is 8. The van der Waals surface area contributed by atoms with Crippen molar-refractivity contribution < 1.29 is 128 Å². The van der Waals surface area contributed by atoms with E-state index in [0.717, 1.165) is 31.8 Å². The number of rotatable bonds is 10. The quantitative estimate of drug-likeness (QED) is 0.0990. The van der Waals surface area contributed by atoms with Gasteiger partial charge in [-0.05, 0) is 39.5 Å². The second-order valence-electron chi connectivity index (χ2n) is 12.7. The molecule has 1 saturated carbocycles. The van der Waals surface area contributed by atoms with E-state index in [4.69, 9.17) is 14.9 Å². The van der Waals surface area contributed by atoms with E-state index in [-0.39, 0.29) is 44.1 Å². The summed E-state index contributed by atoms with van der Waals surface area (Å²) in [6, 6.07) is 0. The molecule has 4 nitrogen and oxygen atoms in total. The number of halogens is 25. The van der Waals surface area contributed by atoms with Crippen LogP contribution in [0, 0.1) is 11.8 Å². The van der Waals surface area contributed by atoms with Gasteiger partial charge < -0.3 is 17.8 Å². The van der Waals surface area contributed by atoms with Crippen LogP contribution in [0.4, 0.5) is 105 Å². The number of hydrogen-bond acceptors (Lipinski definition) is 4. The molecule has 2 bridgehead atoms. The van der Waals surface area contributed by atoms with Gasteiger partial charge in [-0.15, -0.1) is 0 Å². The fourth-order valence-electron chi connectivity index (χ4n) is 4.63. The van der Waals surface area contributed by atoms with E-state index in [9.17, 15) is 110 Å². The average Bonchev–Trinajstić information content (AvgIpc) is 3.91. The molecule has 0 aromatic heterocycles. The molecule has 0 heterocycles. The molecule has 3 aliphatic carbocycles. The minimum atomic E-state index is -6.15. The summed E-state index contributed by atoms with van der Waals surface area (Å²) in [5, 5.41) is 17.6. The Bertz CT molecular complexity index is 1530. The normalized spacial score (nSPS) is 19.6. The second-order valence-corrected chi connectivity index (χ2v) is 13.5. The van der Waals surface area contributed by atoms with Crippen molar-refractivity contribution in [2.24, 2.45) is 11.8 Å². The van der Waals surface area contributed by atoms with Gasteiger partial charge in [0.15, 0.2) is 17.3 Å². The summed E-state index contributed by atoms with van der Waals surface area (Å²) in [7, 11) is 0. The predicted octanol–water partition coefficient (Wildman–Crippen LogP) is 14.2. The zero-order chi connectivity index (χ0) is 51.6. The molecule has 0 aromatic carbocycles. The SMILES string of the molecule is C1=CCC=C1.CC(=O)C(F)(F)F.CCOCC.FC(F)=C(F)CCBr.OC(CCC(F)=C(F)F)(C(F)(F)F)C(F)(F)F.OC(CCC1(F)C2C=CC(C2)C1(F)F)(C(F)(F)F)C(F)(F)F.[H-].[H-].[Mg+2]. The van der Waals surface area contributed by atoms with Gasteiger partial charge in [-0.25, -0.2) is 22.0 Å². The minimum Gasteiger partial charge on any atom is -1.00 e. The van der Waals surface area contributed by atoms with Crippen molar-refractivity contribution in [2.75, 3.05) is 18.5 Å². The summed E-state index contributed by atoms with van der Waals surface area (Å²) in [6.45, 7) is 6.15. The maximum atomic E-state index is 14.4. The molecule has 0 saturated heterocycles. The molecule has 3 unspecified atom stereocenters. The topological polar surface area (TPSA) is 66.8 Å². The minimum absolute atomic E-state index is 0. The number of ether oxygens (including phenoxy) is 1. The van der Waals surface area contributed by atoms with Crippen molar-refractivity contribution in [3.05, 3.63) is 60.3 Å². The van der Waals surface area contributed by atoms with Crippen molar-refractivity contribution in [3.63, 3.8) is 0 Å². The van der Waals surface area contributed by atoms with Gasteiger partial charge in [0, 0.05) is 56.6 Å². The predicted molar refractivity (Wildman–Crippen MR) is 191 cm³/mol. The van der Waals surface area contributed by atoms with E-state index in [2.05, 4.69) is 40.2 Å². The number of Topliss-reactive ketones (excluding diaryl/α,β-unsaturated/α-hetero) is 1. The molecule has 2 N–H and O–H groups in total. The molecule has 0 aromatic rings. The Hall–Kier alpha value is -2.18. The number of carbonyl (C=O) groups excluding carboxylic acids is 1. The maximum Gasteiger partial charge on any atom is 2.00 e. The van der Waals surface area contributed by atoms with Gasteiger partial charge in [-0.2, -0.15) is 83.4 Å². The van der Waals surface area contributed by atoms with Crippen LogP contribution in [0.1, 0.15) is 68.6 Å². The number of alkyl halides is 19. The molecule has 3 rings (SSSR count). The van der Waals surface area contributed by atoms with Crippen LogP contribution >= 0.6 is 15.9 Å². The van der Waals surface area contributed by atoms with E-state index in [1.54, 1.807) is 0 Å². The van der Waals surface area contributed by atoms with Crippen LogP contribution in [0.2, 0.25) is 0 Å². The van der Waals surface area contributed by atoms with Gasteiger partial charge in [0.1, 0.15) is 0 Å². The third kappa shape index (κ3) is 21.8. The zero-order valence-electron chi connectivity index (χ0n) is 35.6. The molecule has 382 valence electrons. The van der Waals surface area contributed by atoms with Crippen LogP contribution in [0.3, 0.4) is 0 Å². The number of fused-ring (bicyclic) bond motifs is 2. The fraction of sp³-hybridized carbons (Fsp3) is 0.686. The van der Waals surface area contributed by atoms with E-state index in [1.165, 1.54) is 0 Å². The molecular weight excluding hydrogens is 1040 g/mol. The van der Waals surface area contributed by atoms with E-state index >= 15 is 0 Å². The Morgan fingerprint density at radius 3 is 1.22 bits per heavy atom. The van der Waals surface area contributed by atoms with E-state index < -0.39 is 121 Å². The third-order valence-electron chi connectivity index (χ3n) is 8.31. The first kappa shape index (κ1) is 69.4. The van der Waals surface area contributed by atoms with Crippen LogP contribution in [0.5, 0.6) is 0 Å². The standard InChI is InChI=1S/C12H11F9O.C7H5F9O.C5H6.C4H4BrF3.C4H10O.C3H3F3O.Mg.2H/c13-8(6-1-2-7(5-6)10(8,14)15)3-4-9(22,11(16,17)18)12(19,20)21;8-3(4(9)10)1-2-5(17,6(11,12)13)7(14,15)16;1-2-4-5-3-1;5-2-1-3(6)4(7)8;1-3-5-4-2;1-2(7)3(4,5)6;;;/h1-2,6-7,22H,3-5H2;17H,1-2H2;1-4H,5H2;1-2H2;3-4H2,1-2H3;1H3;;;/q;;;;;;+2;2*-1. The Balaban J connectivity index is -0.000000182. The number of hydrogen-bond donors (Lipinski definition) is 2. The first-order valence-corrected chi connectivity index (χ1v) is 18.5. The summed E-state index contributed by atoms with van der Waals surface area (Å²) in [5.74, 6) is -12.6. The molecular formula is C35H41BrF24MgO4. The molecule has 0 aliphatic heterocycles. The summed E-state index contributed by atoms with van der Waals surface area (Å²) in [5.41, 5.74) is -14.0. The summed E-state index contributed by atoms with van der Waals surface area (Å²) < 4.78 is 295. The van der Waals surface area contributed by atoms with Crippen LogP contribution < -0.4 is 0 Å². The molecule has 3 aliphatic rings. The number of aliphatic hydroxyl groups is 2. The molecule has 65 heavy (non-hydrogen) atoms. The molecule has 1 fully saturated rings. The smallest absolute Gasteiger partial charge is 1.00 e. The van der Waals surface area contributed by atoms with E-state index in [1.807, 2.05) is 13.8 Å². The molecule has 0 radical (unpaired) electrons. The molecule has 0 amide bonds. The molecule has 3 atom stereocenters. The Morgan fingerprint density at radius 2 is 1.00 bits per heavy atom. The van der Waals surface area contributed by atoms with Crippen LogP contribution in [0.15, 0.2) is 60.3 Å². The van der Waals surface area contributed by atoms with E-state index in [0.29, 0.717) is 6.92 Å². The largest absolute Gasteiger partial charge is 2.00 e. The summed E-state index contributed by atoms with van der Waals surface area (Å²) in [6.07, 6.45) is -31.7. The molecule has 30 heteroatoms. The van der Waals surface area contributed by atoms with Crippen molar-refractivity contribution >= 4 is 44.8 Å². The van der Waals surface area contributed by atoms with Crippen LogP contribution in [0.25, 0.3) is 0 Å². The van der Waals surface area contributed by atoms with Crippen LogP contribution in [-0.2, 0) is 9.53 Å². The fourth-order valence-corrected chi connectivity index (χ4v) is 4.97. The Kier molecular flexibility index (Phi) is 30.3. The summed E-state index contributed by atoms with van der Waals surface area (Å²) >= 11 is 2.81. The maximum absolute atomic E-state index is 14.4. The molecule has 0 spiro atoms. The second kappa shape index (κ2) is 28.3. The monoisotopic (exact) mass is 1080 g/mol. The van der Waals surface area contributed by atoms with Gasteiger partial charge in [-0.1, -0.05) is 52.4 Å². The summed E-state index contributed by atoms with van der Waals surface area (Å²) in [4.78, 5) is 9.34. The van der Waals surface area contributed by atoms with Crippen LogP contribution in [-0.4, -0.2) is 111 Å². The zero-order valence-corrected chi connectivity index (χ0v) is 36.6. The first-order chi connectivity index (χ1) is 28.5. The van der Waals surface area contributed by atoms with Gasteiger partial charge in [0.25, 0.3) is 17.1 Å². The van der Waals surface area contributed by atoms with Crippen molar-refractivity contribution in [1.29, 1.82) is 0 Å². The van der Waals surface area contributed by atoms with Crippen molar-refractivity contribution in [2.45, 2.75) is 119 Å². The number of carbonyl (C=O) groups is 1. The van der Waals surface area contributed by atoms with Gasteiger partial charge in [0.2, 0.25) is 5.78 Å². The van der Waals surface area contributed by atoms with Crippen molar-refractivity contribution in [3.8, 4) is 0 Å². The van der Waals surface area contributed by atoms with Crippen molar-refractivity contribution in [1.82, 2.24) is 0 Å². The Morgan fingerprint density at radius 1 is 0.662 bits per heavy atom.